The zero-order valence-corrected chi connectivity index (χ0v) is 17.5. The van der Waals surface area contributed by atoms with Crippen molar-refractivity contribution >= 4 is 38.0 Å². The minimum absolute atomic E-state index is 0.0157. The Morgan fingerprint density at radius 3 is 2.57 bits per heavy atom. The molecule has 0 aliphatic rings. The number of methoxy groups -OCH3 is 1. The summed E-state index contributed by atoms with van der Waals surface area (Å²) in [4.78, 5) is 15.1. The molecule has 3 N–H and O–H groups in total. The number of carbonyl (C=O) groups is 1. The van der Waals surface area contributed by atoms with Gasteiger partial charge in [-0.05, 0) is 35.9 Å². The number of nitrogens with two attached hydrogens (primary N) is 1. The molecule has 3 aromatic rings. The SMILES string of the molecule is COc1ccc(CN(c2cncs2)S(=O)(=O)c2ccc(NC(=O)CN)c(F)c2)cc1. The second-order valence-corrected chi connectivity index (χ2v) is 8.82. The predicted octanol–water partition coefficient (Wildman–Crippen LogP) is 2.58. The molecule has 11 heteroatoms. The summed E-state index contributed by atoms with van der Waals surface area (Å²) in [6, 6.07) is 10.2. The Morgan fingerprint density at radius 2 is 2.00 bits per heavy atom. The number of benzene rings is 2. The molecule has 0 bridgehead atoms. The van der Waals surface area contributed by atoms with Gasteiger partial charge in [-0.25, -0.2) is 12.8 Å². The molecule has 1 heterocycles. The maximum Gasteiger partial charge on any atom is 0.265 e. The monoisotopic (exact) mass is 450 g/mol. The summed E-state index contributed by atoms with van der Waals surface area (Å²) in [5, 5.41) is 2.66. The van der Waals surface area contributed by atoms with Crippen molar-refractivity contribution in [2.75, 3.05) is 23.3 Å². The van der Waals surface area contributed by atoms with Gasteiger partial charge in [0, 0.05) is 0 Å². The van der Waals surface area contributed by atoms with Gasteiger partial charge in [0.25, 0.3) is 10.0 Å². The van der Waals surface area contributed by atoms with Crippen LogP contribution >= 0.6 is 11.3 Å². The molecule has 3 rings (SSSR count). The second-order valence-electron chi connectivity index (χ2n) is 6.09. The number of rotatable bonds is 8. The first kappa shape index (κ1) is 21.7. The minimum atomic E-state index is -4.12. The smallest absolute Gasteiger partial charge is 0.265 e. The quantitative estimate of drug-likeness (QED) is 0.545. The van der Waals surface area contributed by atoms with E-state index < -0.39 is 21.7 Å². The molecule has 1 amide bonds. The number of hydrogen-bond acceptors (Lipinski definition) is 7. The molecule has 0 unspecified atom stereocenters. The number of ether oxygens (including phenoxy) is 1. The minimum Gasteiger partial charge on any atom is -0.497 e. The molecule has 0 spiro atoms. The summed E-state index contributed by atoms with van der Waals surface area (Å²) in [6.45, 7) is -0.303. The number of amides is 1. The molecule has 0 fully saturated rings. The molecule has 0 aliphatic carbocycles. The van der Waals surface area contributed by atoms with E-state index in [0.29, 0.717) is 16.3 Å². The van der Waals surface area contributed by atoms with Crippen LogP contribution in [0.1, 0.15) is 5.56 Å². The largest absolute Gasteiger partial charge is 0.497 e. The van der Waals surface area contributed by atoms with Crippen LogP contribution in [0, 0.1) is 5.82 Å². The van der Waals surface area contributed by atoms with Crippen LogP contribution in [0.3, 0.4) is 0 Å². The zero-order valence-electron chi connectivity index (χ0n) is 15.9. The van der Waals surface area contributed by atoms with E-state index in [1.54, 1.807) is 24.3 Å². The molecule has 30 heavy (non-hydrogen) atoms. The lowest BCUT2D eigenvalue weighted by atomic mass is 10.2. The van der Waals surface area contributed by atoms with E-state index in [9.17, 15) is 17.6 Å². The van der Waals surface area contributed by atoms with Crippen LogP contribution in [0.25, 0.3) is 0 Å². The summed E-state index contributed by atoms with van der Waals surface area (Å²) < 4.78 is 47.3. The highest BCUT2D eigenvalue weighted by Gasteiger charge is 2.27. The summed E-state index contributed by atoms with van der Waals surface area (Å²) in [7, 11) is -2.58. The van der Waals surface area contributed by atoms with Crippen molar-refractivity contribution in [3.05, 3.63) is 65.6 Å². The van der Waals surface area contributed by atoms with Gasteiger partial charge in [0.2, 0.25) is 5.91 Å². The Bertz CT molecular complexity index is 1120. The van der Waals surface area contributed by atoms with Gasteiger partial charge >= 0.3 is 0 Å². The fourth-order valence-corrected chi connectivity index (χ4v) is 4.90. The van der Waals surface area contributed by atoms with E-state index in [2.05, 4.69) is 10.3 Å². The van der Waals surface area contributed by atoms with Gasteiger partial charge in [-0.1, -0.05) is 12.1 Å². The van der Waals surface area contributed by atoms with Crippen LogP contribution in [-0.4, -0.2) is 33.0 Å². The molecule has 0 aliphatic heterocycles. The van der Waals surface area contributed by atoms with Gasteiger partial charge in [0.1, 0.15) is 16.6 Å². The lowest BCUT2D eigenvalue weighted by Gasteiger charge is -2.23. The number of thiazole rings is 1. The first-order chi connectivity index (χ1) is 14.3. The van der Waals surface area contributed by atoms with E-state index in [-0.39, 0.29) is 23.7 Å². The van der Waals surface area contributed by atoms with Crippen molar-refractivity contribution in [3.8, 4) is 5.75 Å². The summed E-state index contributed by atoms with van der Waals surface area (Å²) in [5.41, 5.74) is 7.28. The molecule has 2 aromatic carbocycles. The highest BCUT2D eigenvalue weighted by molar-refractivity contribution is 7.93. The van der Waals surface area contributed by atoms with Crippen molar-refractivity contribution < 1.29 is 22.3 Å². The summed E-state index contributed by atoms with van der Waals surface area (Å²) >= 11 is 1.14. The molecule has 0 radical (unpaired) electrons. The van der Waals surface area contributed by atoms with Crippen LogP contribution < -0.4 is 20.1 Å². The Kier molecular flexibility index (Phi) is 6.65. The summed E-state index contributed by atoms with van der Waals surface area (Å²) in [5.74, 6) is -0.829. The number of anilines is 2. The van der Waals surface area contributed by atoms with Gasteiger partial charge < -0.3 is 15.8 Å². The Labute approximate surface area is 177 Å². The Hall–Kier alpha value is -3.02. The van der Waals surface area contributed by atoms with Gasteiger partial charge in [-0.3, -0.25) is 14.1 Å². The number of aromatic nitrogens is 1. The van der Waals surface area contributed by atoms with E-state index in [1.807, 2.05) is 0 Å². The molecule has 0 atom stereocenters. The summed E-state index contributed by atoms with van der Waals surface area (Å²) in [6.07, 6.45) is 1.43. The zero-order chi connectivity index (χ0) is 21.7. The normalized spacial score (nSPS) is 11.2. The maximum absolute atomic E-state index is 14.4. The number of halogens is 1. The molecule has 0 saturated heterocycles. The molecule has 0 saturated carbocycles. The van der Waals surface area contributed by atoms with Crippen LogP contribution in [0.15, 0.2) is 59.1 Å². The van der Waals surface area contributed by atoms with Crippen LogP contribution in [0.5, 0.6) is 5.75 Å². The Morgan fingerprint density at radius 1 is 1.27 bits per heavy atom. The third-order valence-electron chi connectivity index (χ3n) is 4.14. The van der Waals surface area contributed by atoms with Gasteiger partial charge in [0.15, 0.2) is 0 Å². The number of carbonyl (C=O) groups excluding carboxylic acids is 1. The van der Waals surface area contributed by atoms with Crippen molar-refractivity contribution in [3.63, 3.8) is 0 Å². The standard InChI is InChI=1S/C19H19FN4O4S2/c1-28-14-4-2-13(3-5-14)11-24(19-10-22-12-29-19)30(26,27)15-6-7-17(16(20)8-15)23-18(25)9-21/h2-8,10,12H,9,11,21H2,1H3,(H,23,25). The third kappa shape index (κ3) is 4.75. The van der Waals surface area contributed by atoms with E-state index in [4.69, 9.17) is 10.5 Å². The van der Waals surface area contributed by atoms with E-state index in [0.717, 1.165) is 21.7 Å². The molecular formula is C19H19FN4O4S2. The lowest BCUT2D eigenvalue weighted by Crippen LogP contribution is -2.30. The molecule has 1 aromatic heterocycles. The fourth-order valence-electron chi connectivity index (χ4n) is 2.60. The van der Waals surface area contributed by atoms with E-state index >= 15 is 0 Å². The Balaban J connectivity index is 1.96. The average Bonchev–Trinajstić information content (AvgIpc) is 3.27. The van der Waals surface area contributed by atoms with Crippen LogP contribution in [-0.2, 0) is 21.4 Å². The lowest BCUT2D eigenvalue weighted by molar-refractivity contribution is -0.114. The third-order valence-corrected chi connectivity index (χ3v) is 6.80. The topological polar surface area (TPSA) is 115 Å². The number of nitrogens with zero attached hydrogens (tertiary/aromatic N) is 2. The van der Waals surface area contributed by atoms with Crippen molar-refractivity contribution in [1.82, 2.24) is 4.98 Å². The molecule has 158 valence electrons. The van der Waals surface area contributed by atoms with Gasteiger partial charge in [0.05, 0.1) is 42.5 Å². The van der Waals surface area contributed by atoms with Crippen molar-refractivity contribution in [2.24, 2.45) is 5.73 Å². The van der Waals surface area contributed by atoms with Gasteiger partial charge in [-0.2, -0.15) is 0 Å². The first-order valence-electron chi connectivity index (χ1n) is 8.69. The molecular weight excluding hydrogens is 431 g/mol. The number of nitrogens with one attached hydrogen (secondary N) is 1. The van der Waals surface area contributed by atoms with Crippen LogP contribution in [0.4, 0.5) is 15.1 Å². The fraction of sp³-hybridized carbons (Fsp3) is 0.158. The van der Waals surface area contributed by atoms with Crippen LogP contribution in [0.2, 0.25) is 0 Å². The van der Waals surface area contributed by atoms with E-state index in [1.165, 1.54) is 30.9 Å². The number of hydrogen-bond donors (Lipinski definition) is 2. The first-order valence-corrected chi connectivity index (χ1v) is 11.0. The average molecular weight is 451 g/mol. The molecule has 8 nitrogen and oxygen atoms in total. The van der Waals surface area contributed by atoms with Crippen molar-refractivity contribution in [1.29, 1.82) is 0 Å². The predicted molar refractivity (Wildman–Crippen MR) is 113 cm³/mol. The highest BCUT2D eigenvalue weighted by Crippen LogP contribution is 2.30. The maximum atomic E-state index is 14.4. The van der Waals surface area contributed by atoms with Gasteiger partial charge in [-0.15, -0.1) is 11.3 Å². The second kappa shape index (κ2) is 9.20. The van der Waals surface area contributed by atoms with Crippen molar-refractivity contribution in [2.45, 2.75) is 11.4 Å². The highest BCUT2D eigenvalue weighted by atomic mass is 32.2. The number of sulfonamides is 1.